The SMILES string of the molecule is CCO[C@@H](Cc1ccc(O[C@H](C)C(=O)NCCc2ccccc2Cl)cc1)C(=O)O. The Kier molecular flexibility index (Phi) is 8.96. The summed E-state index contributed by atoms with van der Waals surface area (Å²) in [5.41, 5.74) is 1.79. The van der Waals surface area contributed by atoms with Gasteiger partial charge in [-0.05, 0) is 49.6 Å². The van der Waals surface area contributed by atoms with Gasteiger partial charge in [0.05, 0.1) is 0 Å². The van der Waals surface area contributed by atoms with Crippen LogP contribution in [0.4, 0.5) is 0 Å². The van der Waals surface area contributed by atoms with Crippen LogP contribution in [0, 0.1) is 0 Å². The Morgan fingerprint density at radius 2 is 1.83 bits per heavy atom. The molecule has 156 valence electrons. The summed E-state index contributed by atoms with van der Waals surface area (Å²) in [4.78, 5) is 23.4. The van der Waals surface area contributed by atoms with Crippen LogP contribution in [0.3, 0.4) is 0 Å². The maximum Gasteiger partial charge on any atom is 0.333 e. The molecule has 2 aromatic rings. The average Bonchev–Trinajstić information content (AvgIpc) is 2.70. The minimum atomic E-state index is -0.991. The van der Waals surface area contributed by atoms with Crippen LogP contribution >= 0.6 is 11.6 Å². The third kappa shape index (κ3) is 7.40. The second-order valence-corrected chi connectivity index (χ2v) is 6.93. The van der Waals surface area contributed by atoms with Gasteiger partial charge in [-0.25, -0.2) is 4.79 Å². The number of carbonyl (C=O) groups is 2. The summed E-state index contributed by atoms with van der Waals surface area (Å²) in [6.45, 7) is 4.23. The first-order valence-electron chi connectivity index (χ1n) is 9.51. The average molecular weight is 420 g/mol. The van der Waals surface area contributed by atoms with Gasteiger partial charge in [-0.15, -0.1) is 0 Å². The maximum atomic E-state index is 12.2. The fourth-order valence-electron chi connectivity index (χ4n) is 2.76. The first-order chi connectivity index (χ1) is 13.9. The Balaban J connectivity index is 1.81. The van der Waals surface area contributed by atoms with Gasteiger partial charge in [0, 0.05) is 24.6 Å². The number of carboxylic acid groups (broad SMARTS) is 1. The van der Waals surface area contributed by atoms with Crippen molar-refractivity contribution in [1.82, 2.24) is 5.32 Å². The fraction of sp³-hybridized carbons (Fsp3) is 0.364. The molecule has 7 heteroatoms. The zero-order chi connectivity index (χ0) is 21.2. The van der Waals surface area contributed by atoms with Crippen LogP contribution in [-0.2, 0) is 27.2 Å². The van der Waals surface area contributed by atoms with Gasteiger partial charge >= 0.3 is 5.97 Å². The van der Waals surface area contributed by atoms with Crippen LogP contribution in [0.2, 0.25) is 5.02 Å². The predicted molar refractivity (Wildman–Crippen MR) is 111 cm³/mol. The van der Waals surface area contributed by atoms with Crippen LogP contribution in [0.15, 0.2) is 48.5 Å². The lowest BCUT2D eigenvalue weighted by atomic mass is 10.1. The number of aliphatic carboxylic acids is 1. The molecule has 0 aliphatic rings. The zero-order valence-electron chi connectivity index (χ0n) is 16.6. The molecule has 2 rings (SSSR count). The Hall–Kier alpha value is -2.57. The van der Waals surface area contributed by atoms with Gasteiger partial charge in [0.1, 0.15) is 5.75 Å². The number of benzene rings is 2. The van der Waals surface area contributed by atoms with E-state index >= 15 is 0 Å². The molecule has 6 nitrogen and oxygen atoms in total. The molecule has 2 atom stereocenters. The summed E-state index contributed by atoms with van der Waals surface area (Å²) in [6.07, 6.45) is -0.643. The first-order valence-corrected chi connectivity index (χ1v) is 9.89. The molecule has 0 bridgehead atoms. The molecule has 0 heterocycles. The zero-order valence-corrected chi connectivity index (χ0v) is 17.3. The summed E-state index contributed by atoms with van der Waals surface area (Å²) in [5.74, 6) is -0.677. The Bertz CT molecular complexity index is 809. The summed E-state index contributed by atoms with van der Waals surface area (Å²) in [7, 11) is 0. The molecule has 0 unspecified atom stereocenters. The Morgan fingerprint density at radius 1 is 1.14 bits per heavy atom. The first kappa shape index (κ1) is 22.7. The number of ether oxygens (including phenoxy) is 2. The topological polar surface area (TPSA) is 84.9 Å². The maximum absolute atomic E-state index is 12.2. The fourth-order valence-corrected chi connectivity index (χ4v) is 2.99. The van der Waals surface area contributed by atoms with Crippen LogP contribution in [-0.4, -0.2) is 42.3 Å². The van der Waals surface area contributed by atoms with Gasteiger partial charge in [0.2, 0.25) is 0 Å². The van der Waals surface area contributed by atoms with E-state index < -0.39 is 18.2 Å². The molecule has 0 fully saturated rings. The molecule has 0 spiro atoms. The van der Waals surface area contributed by atoms with Crippen molar-refractivity contribution >= 4 is 23.5 Å². The van der Waals surface area contributed by atoms with Crippen molar-refractivity contribution in [3.8, 4) is 5.75 Å². The lowest BCUT2D eigenvalue weighted by Gasteiger charge is -2.16. The van der Waals surface area contributed by atoms with Crippen LogP contribution in [0.5, 0.6) is 5.75 Å². The Labute approximate surface area is 175 Å². The molecular weight excluding hydrogens is 394 g/mol. The number of carboxylic acids is 1. The quantitative estimate of drug-likeness (QED) is 0.582. The monoisotopic (exact) mass is 419 g/mol. The molecule has 0 saturated heterocycles. The molecule has 0 radical (unpaired) electrons. The minimum absolute atomic E-state index is 0.219. The molecule has 29 heavy (non-hydrogen) atoms. The van der Waals surface area contributed by atoms with E-state index in [4.69, 9.17) is 26.2 Å². The third-order valence-corrected chi connectivity index (χ3v) is 4.69. The summed E-state index contributed by atoms with van der Waals surface area (Å²) < 4.78 is 10.9. The smallest absolute Gasteiger partial charge is 0.333 e. The molecule has 0 aromatic heterocycles. The van der Waals surface area contributed by atoms with Crippen molar-refractivity contribution in [2.45, 2.75) is 38.9 Å². The summed E-state index contributed by atoms with van der Waals surface area (Å²) in [6, 6.07) is 14.5. The molecule has 0 aliphatic heterocycles. The number of carbonyl (C=O) groups excluding carboxylic acids is 1. The van der Waals surface area contributed by atoms with Crippen molar-refractivity contribution in [1.29, 1.82) is 0 Å². The van der Waals surface area contributed by atoms with E-state index in [2.05, 4.69) is 5.32 Å². The third-order valence-electron chi connectivity index (χ3n) is 4.32. The molecule has 1 amide bonds. The van der Waals surface area contributed by atoms with Gasteiger partial charge in [-0.1, -0.05) is 41.9 Å². The number of hydrogen-bond acceptors (Lipinski definition) is 4. The van der Waals surface area contributed by atoms with Crippen molar-refractivity contribution < 1.29 is 24.2 Å². The van der Waals surface area contributed by atoms with E-state index in [-0.39, 0.29) is 12.3 Å². The van der Waals surface area contributed by atoms with Gasteiger partial charge in [0.15, 0.2) is 12.2 Å². The molecule has 0 aliphatic carbocycles. The molecular formula is C22H26ClNO5. The standard InChI is InChI=1S/C22H26ClNO5/c1-3-28-20(22(26)27)14-16-8-10-18(11-9-16)29-15(2)21(25)24-13-12-17-6-4-5-7-19(17)23/h4-11,15,20H,3,12-14H2,1-2H3,(H,24,25)(H,26,27)/t15-,20+/m1/s1. The van der Waals surface area contributed by atoms with Crippen LogP contribution < -0.4 is 10.1 Å². The van der Waals surface area contributed by atoms with Crippen molar-refractivity contribution in [3.63, 3.8) is 0 Å². The number of amides is 1. The van der Waals surface area contributed by atoms with Crippen molar-refractivity contribution in [2.24, 2.45) is 0 Å². The predicted octanol–water partition coefficient (Wildman–Crippen LogP) is 3.50. The normalized spacial score (nSPS) is 12.8. The number of rotatable bonds is 11. The number of halogens is 1. The summed E-state index contributed by atoms with van der Waals surface area (Å²) >= 11 is 6.11. The molecule has 0 saturated carbocycles. The Morgan fingerprint density at radius 3 is 2.45 bits per heavy atom. The highest BCUT2D eigenvalue weighted by atomic mass is 35.5. The van der Waals surface area contributed by atoms with Gasteiger partial charge < -0.3 is 19.9 Å². The lowest BCUT2D eigenvalue weighted by molar-refractivity contribution is -0.150. The highest BCUT2D eigenvalue weighted by Gasteiger charge is 2.18. The van der Waals surface area contributed by atoms with E-state index in [1.54, 1.807) is 38.1 Å². The second-order valence-electron chi connectivity index (χ2n) is 6.52. The summed E-state index contributed by atoms with van der Waals surface area (Å²) in [5, 5.41) is 12.7. The number of nitrogens with one attached hydrogen (secondary N) is 1. The van der Waals surface area contributed by atoms with E-state index in [0.29, 0.717) is 30.3 Å². The lowest BCUT2D eigenvalue weighted by Crippen LogP contribution is -2.37. The van der Waals surface area contributed by atoms with Gasteiger partial charge in [0.25, 0.3) is 5.91 Å². The van der Waals surface area contributed by atoms with Crippen molar-refractivity contribution in [3.05, 3.63) is 64.7 Å². The molecule has 2 N–H and O–H groups in total. The van der Waals surface area contributed by atoms with E-state index in [1.165, 1.54) is 0 Å². The largest absolute Gasteiger partial charge is 0.481 e. The van der Waals surface area contributed by atoms with Crippen molar-refractivity contribution in [2.75, 3.05) is 13.2 Å². The van der Waals surface area contributed by atoms with E-state index in [0.717, 1.165) is 11.1 Å². The van der Waals surface area contributed by atoms with E-state index in [9.17, 15) is 9.59 Å². The van der Waals surface area contributed by atoms with Gasteiger partial charge in [-0.2, -0.15) is 0 Å². The van der Waals surface area contributed by atoms with Crippen LogP contribution in [0.1, 0.15) is 25.0 Å². The second kappa shape index (κ2) is 11.4. The van der Waals surface area contributed by atoms with E-state index in [1.807, 2.05) is 24.3 Å². The van der Waals surface area contributed by atoms with Gasteiger partial charge in [-0.3, -0.25) is 4.79 Å². The highest BCUT2D eigenvalue weighted by Crippen LogP contribution is 2.17. The minimum Gasteiger partial charge on any atom is -0.481 e. The number of hydrogen-bond donors (Lipinski definition) is 2. The highest BCUT2D eigenvalue weighted by molar-refractivity contribution is 6.31. The van der Waals surface area contributed by atoms with Crippen LogP contribution in [0.25, 0.3) is 0 Å². The molecule has 2 aromatic carbocycles.